The van der Waals surface area contributed by atoms with Crippen LogP contribution in [0.3, 0.4) is 0 Å². The molecule has 0 amide bonds. The van der Waals surface area contributed by atoms with Crippen molar-refractivity contribution in [3.63, 3.8) is 0 Å². The second-order valence-corrected chi connectivity index (χ2v) is 3.75. The maximum Gasteiger partial charge on any atom is 0.389 e. The molecule has 1 heterocycles. The molecular weight excluding hydrogens is 219 g/mol. The van der Waals surface area contributed by atoms with Gasteiger partial charge in [0, 0.05) is 24.2 Å². The zero-order chi connectivity index (χ0) is 12.3. The molecule has 3 nitrogen and oxygen atoms in total. The first kappa shape index (κ1) is 12.8. The molecule has 4 N–H and O–H groups in total. The summed E-state index contributed by atoms with van der Waals surface area (Å²) in [6, 6.07) is 0.942. The van der Waals surface area contributed by atoms with Crippen molar-refractivity contribution in [2.24, 2.45) is 5.73 Å². The third kappa shape index (κ3) is 3.69. The Labute approximate surface area is 91.7 Å². The van der Waals surface area contributed by atoms with Crippen molar-refractivity contribution in [2.45, 2.75) is 32.0 Å². The van der Waals surface area contributed by atoms with Crippen LogP contribution in [0, 0.1) is 6.92 Å². The second-order valence-electron chi connectivity index (χ2n) is 3.75. The molecule has 0 aromatic carbocycles. The Morgan fingerprint density at radius 1 is 1.44 bits per heavy atom. The van der Waals surface area contributed by atoms with Gasteiger partial charge in [0.2, 0.25) is 0 Å². The highest BCUT2D eigenvalue weighted by Gasteiger charge is 2.28. The minimum atomic E-state index is -4.19. The van der Waals surface area contributed by atoms with Gasteiger partial charge in [0.1, 0.15) is 5.82 Å². The first-order valence-corrected chi connectivity index (χ1v) is 4.84. The van der Waals surface area contributed by atoms with Crippen LogP contribution in [0.25, 0.3) is 0 Å². The molecule has 0 saturated heterocycles. The summed E-state index contributed by atoms with van der Waals surface area (Å²) in [5.74, 6) is 0.195. The molecule has 0 bridgehead atoms. The molecule has 0 aliphatic rings. The van der Waals surface area contributed by atoms with Gasteiger partial charge >= 0.3 is 6.18 Å². The smallest absolute Gasteiger partial charge is 0.383 e. The van der Waals surface area contributed by atoms with E-state index in [0.717, 1.165) is 5.56 Å². The Hall–Kier alpha value is -1.30. The van der Waals surface area contributed by atoms with Gasteiger partial charge < -0.3 is 11.5 Å². The lowest BCUT2D eigenvalue weighted by molar-refractivity contribution is -0.136. The zero-order valence-electron chi connectivity index (χ0n) is 8.88. The number of aromatic nitrogens is 1. The third-order valence-electron chi connectivity index (χ3n) is 2.22. The highest BCUT2D eigenvalue weighted by atomic mass is 19.4. The van der Waals surface area contributed by atoms with Crippen molar-refractivity contribution in [1.29, 1.82) is 0 Å². The summed E-state index contributed by atoms with van der Waals surface area (Å²) in [4.78, 5) is 3.86. The van der Waals surface area contributed by atoms with E-state index >= 15 is 0 Å². The number of halogens is 3. The molecule has 1 aromatic heterocycles. The van der Waals surface area contributed by atoms with Gasteiger partial charge in [-0.1, -0.05) is 0 Å². The van der Waals surface area contributed by atoms with Crippen LogP contribution in [0.15, 0.2) is 12.3 Å². The standard InChI is InChI=1S/C10H14F3N3/c1-6-4-7(9(15)16-5-6)8(14)2-3-10(11,12)13/h4-5,8H,2-3,14H2,1H3,(H2,15,16). The lowest BCUT2D eigenvalue weighted by Gasteiger charge is -2.15. The minimum absolute atomic E-state index is 0.182. The van der Waals surface area contributed by atoms with Gasteiger partial charge in [0.25, 0.3) is 0 Å². The summed E-state index contributed by atoms with van der Waals surface area (Å²) < 4.78 is 36.0. The molecule has 1 atom stereocenters. The molecular formula is C10H14F3N3. The van der Waals surface area contributed by atoms with Gasteiger partial charge in [0.05, 0.1) is 0 Å². The highest BCUT2D eigenvalue weighted by molar-refractivity contribution is 5.42. The third-order valence-corrected chi connectivity index (χ3v) is 2.22. The molecule has 0 spiro atoms. The second kappa shape index (κ2) is 4.69. The molecule has 1 rings (SSSR count). The van der Waals surface area contributed by atoms with Crippen LogP contribution in [-0.2, 0) is 0 Å². The number of hydrogen-bond acceptors (Lipinski definition) is 3. The fourth-order valence-corrected chi connectivity index (χ4v) is 1.37. The first-order valence-electron chi connectivity index (χ1n) is 4.84. The number of nitrogens with two attached hydrogens (primary N) is 2. The molecule has 0 aliphatic heterocycles. The normalized spacial score (nSPS) is 13.8. The Kier molecular flexibility index (Phi) is 3.74. The van der Waals surface area contributed by atoms with Gasteiger partial charge in [-0.15, -0.1) is 0 Å². The van der Waals surface area contributed by atoms with E-state index in [9.17, 15) is 13.2 Å². The van der Waals surface area contributed by atoms with E-state index in [1.807, 2.05) is 0 Å². The van der Waals surface area contributed by atoms with Gasteiger partial charge in [-0.2, -0.15) is 13.2 Å². The van der Waals surface area contributed by atoms with Crippen molar-refractivity contribution in [1.82, 2.24) is 4.98 Å². The van der Waals surface area contributed by atoms with Crippen LogP contribution in [0.2, 0.25) is 0 Å². The Morgan fingerprint density at radius 3 is 2.62 bits per heavy atom. The van der Waals surface area contributed by atoms with E-state index in [2.05, 4.69) is 4.98 Å². The lowest BCUT2D eigenvalue weighted by Crippen LogP contribution is -2.17. The first-order chi connectivity index (χ1) is 7.29. The summed E-state index contributed by atoms with van der Waals surface area (Å²) in [5, 5.41) is 0. The Balaban J connectivity index is 2.73. The van der Waals surface area contributed by atoms with Crippen molar-refractivity contribution in [3.05, 3.63) is 23.4 Å². The van der Waals surface area contributed by atoms with Crippen molar-refractivity contribution in [3.8, 4) is 0 Å². The molecule has 1 aromatic rings. The summed E-state index contributed by atoms with van der Waals surface area (Å²) in [7, 11) is 0. The number of aryl methyl sites for hydroxylation is 1. The Bertz CT molecular complexity index is 363. The quantitative estimate of drug-likeness (QED) is 0.842. The maximum atomic E-state index is 12.0. The number of nitrogen functional groups attached to an aromatic ring is 1. The van der Waals surface area contributed by atoms with Crippen LogP contribution < -0.4 is 11.5 Å². The van der Waals surface area contributed by atoms with E-state index in [4.69, 9.17) is 11.5 Å². The van der Waals surface area contributed by atoms with Crippen LogP contribution in [0.1, 0.15) is 30.0 Å². The van der Waals surface area contributed by atoms with Crippen LogP contribution >= 0.6 is 0 Å². The highest BCUT2D eigenvalue weighted by Crippen LogP contribution is 2.28. The molecule has 90 valence electrons. The predicted molar refractivity (Wildman–Crippen MR) is 55.6 cm³/mol. The predicted octanol–water partition coefficient (Wildman–Crippen LogP) is 2.31. The van der Waals surface area contributed by atoms with Gasteiger partial charge in [-0.3, -0.25) is 0 Å². The maximum absolute atomic E-state index is 12.0. The lowest BCUT2D eigenvalue weighted by atomic mass is 10.0. The fraction of sp³-hybridized carbons (Fsp3) is 0.500. The van der Waals surface area contributed by atoms with Crippen molar-refractivity contribution >= 4 is 5.82 Å². The zero-order valence-corrected chi connectivity index (χ0v) is 8.88. The number of anilines is 1. The van der Waals surface area contributed by atoms with Gasteiger partial charge in [0.15, 0.2) is 0 Å². The number of pyridine rings is 1. The van der Waals surface area contributed by atoms with E-state index < -0.39 is 18.6 Å². The topological polar surface area (TPSA) is 64.9 Å². The van der Waals surface area contributed by atoms with Crippen molar-refractivity contribution in [2.75, 3.05) is 5.73 Å². The van der Waals surface area contributed by atoms with Gasteiger partial charge in [-0.25, -0.2) is 4.98 Å². The largest absolute Gasteiger partial charge is 0.389 e. The molecule has 1 unspecified atom stereocenters. The number of alkyl halides is 3. The molecule has 0 aliphatic carbocycles. The molecule has 16 heavy (non-hydrogen) atoms. The summed E-state index contributed by atoms with van der Waals surface area (Å²) in [5.41, 5.74) is 12.5. The van der Waals surface area contributed by atoms with E-state index in [1.165, 1.54) is 0 Å². The average molecular weight is 233 g/mol. The van der Waals surface area contributed by atoms with Gasteiger partial charge in [-0.05, 0) is 25.0 Å². The molecule has 0 saturated carbocycles. The van der Waals surface area contributed by atoms with Crippen molar-refractivity contribution < 1.29 is 13.2 Å². The van der Waals surface area contributed by atoms with E-state index in [-0.39, 0.29) is 12.2 Å². The SMILES string of the molecule is Cc1cnc(N)c(C(N)CCC(F)(F)F)c1. The molecule has 0 radical (unpaired) electrons. The van der Waals surface area contributed by atoms with E-state index in [1.54, 1.807) is 19.2 Å². The summed E-state index contributed by atoms with van der Waals surface area (Å²) in [6.07, 6.45) is -3.74. The number of hydrogen-bond donors (Lipinski definition) is 2. The molecule has 6 heteroatoms. The Morgan fingerprint density at radius 2 is 2.06 bits per heavy atom. The van der Waals surface area contributed by atoms with E-state index in [0.29, 0.717) is 5.56 Å². The monoisotopic (exact) mass is 233 g/mol. The number of rotatable bonds is 3. The number of nitrogens with zero attached hydrogens (tertiary/aromatic N) is 1. The fourth-order valence-electron chi connectivity index (χ4n) is 1.37. The average Bonchev–Trinajstić information content (AvgIpc) is 2.17. The minimum Gasteiger partial charge on any atom is -0.383 e. The molecule has 0 fully saturated rings. The van der Waals surface area contributed by atoms with Crippen LogP contribution in [0.5, 0.6) is 0 Å². The van der Waals surface area contributed by atoms with Crippen LogP contribution in [-0.4, -0.2) is 11.2 Å². The van der Waals surface area contributed by atoms with Crippen LogP contribution in [0.4, 0.5) is 19.0 Å². The summed E-state index contributed by atoms with van der Waals surface area (Å²) in [6.45, 7) is 1.78. The summed E-state index contributed by atoms with van der Waals surface area (Å²) >= 11 is 0.